The normalized spacial score (nSPS) is 15.0. The fourth-order valence-corrected chi connectivity index (χ4v) is 2.70. The van der Waals surface area contributed by atoms with Crippen LogP contribution in [0.25, 0.3) is 6.08 Å². The molecule has 2 aromatic rings. The van der Waals surface area contributed by atoms with E-state index in [1.165, 1.54) is 0 Å². The van der Waals surface area contributed by atoms with Crippen LogP contribution in [0.1, 0.15) is 28.4 Å². The summed E-state index contributed by atoms with van der Waals surface area (Å²) in [5.41, 5.74) is 2.10. The minimum atomic E-state index is -0.514. The van der Waals surface area contributed by atoms with E-state index in [2.05, 4.69) is 20.9 Å². The van der Waals surface area contributed by atoms with Crippen LogP contribution in [0.3, 0.4) is 0 Å². The summed E-state index contributed by atoms with van der Waals surface area (Å²) in [5, 5.41) is 0. The monoisotopic (exact) mass is 399 g/mol. The maximum absolute atomic E-state index is 12.0. The van der Waals surface area contributed by atoms with Crippen LogP contribution in [0.5, 0.6) is 0 Å². The first-order valence-electron chi connectivity index (χ1n) is 7.63. The predicted molar refractivity (Wildman–Crippen MR) is 97.1 cm³/mol. The lowest BCUT2D eigenvalue weighted by molar-refractivity contribution is -0.129. The van der Waals surface area contributed by atoms with Gasteiger partial charge in [-0.2, -0.15) is 0 Å². The summed E-state index contributed by atoms with van der Waals surface area (Å²) in [6.45, 7) is 2.08. The summed E-state index contributed by atoms with van der Waals surface area (Å²) in [6.07, 6.45) is 1.61. The van der Waals surface area contributed by atoms with Gasteiger partial charge in [-0.05, 0) is 58.8 Å². The first kappa shape index (κ1) is 17.1. The largest absolute Gasteiger partial charge is 0.462 e. The molecule has 5 nitrogen and oxygen atoms in total. The molecule has 1 aliphatic rings. The Labute approximate surface area is 153 Å². The van der Waals surface area contributed by atoms with Crippen LogP contribution in [0.4, 0.5) is 0 Å². The topological polar surface area (TPSA) is 65.0 Å². The van der Waals surface area contributed by atoms with E-state index in [1.807, 2.05) is 24.3 Å². The van der Waals surface area contributed by atoms with Crippen molar-refractivity contribution in [3.63, 3.8) is 0 Å². The fraction of sp³-hybridized carbons (Fsp3) is 0.105. The number of nitrogens with zero attached hydrogens (tertiary/aromatic N) is 1. The van der Waals surface area contributed by atoms with Crippen molar-refractivity contribution in [3.05, 3.63) is 75.4 Å². The van der Waals surface area contributed by atoms with Crippen molar-refractivity contribution in [3.8, 4) is 0 Å². The second kappa shape index (κ2) is 7.44. The van der Waals surface area contributed by atoms with Gasteiger partial charge in [-0.25, -0.2) is 14.6 Å². The molecule has 0 atom stereocenters. The lowest BCUT2D eigenvalue weighted by Crippen LogP contribution is -2.06. The number of hydrogen-bond donors (Lipinski definition) is 0. The molecule has 126 valence electrons. The molecule has 0 bridgehead atoms. The summed E-state index contributed by atoms with van der Waals surface area (Å²) < 4.78 is 11.0. The predicted octanol–water partition coefficient (Wildman–Crippen LogP) is 3.97. The minimum Gasteiger partial charge on any atom is -0.462 e. The van der Waals surface area contributed by atoms with Crippen molar-refractivity contribution >= 4 is 39.8 Å². The molecule has 0 radical (unpaired) electrons. The van der Waals surface area contributed by atoms with E-state index < -0.39 is 5.97 Å². The highest BCUT2D eigenvalue weighted by molar-refractivity contribution is 9.10. The minimum absolute atomic E-state index is 0.203. The number of carbonyl (C=O) groups excluding carboxylic acids is 2. The number of cyclic esters (lactones) is 1. The summed E-state index contributed by atoms with van der Waals surface area (Å²) in [4.78, 5) is 28.0. The Hall–Kier alpha value is -2.73. The molecule has 0 saturated carbocycles. The molecule has 25 heavy (non-hydrogen) atoms. The molecule has 0 aliphatic carbocycles. The summed E-state index contributed by atoms with van der Waals surface area (Å²) in [7, 11) is 0. The molecule has 1 heterocycles. The van der Waals surface area contributed by atoms with Crippen LogP contribution in [0.15, 0.2) is 63.7 Å². The van der Waals surface area contributed by atoms with Gasteiger partial charge in [0, 0.05) is 4.47 Å². The molecule has 3 rings (SSSR count). The average Bonchev–Trinajstić information content (AvgIpc) is 2.96. The smallest absolute Gasteiger partial charge is 0.363 e. The summed E-state index contributed by atoms with van der Waals surface area (Å²) in [5.74, 6) is -0.636. The zero-order valence-corrected chi connectivity index (χ0v) is 14.9. The summed E-state index contributed by atoms with van der Waals surface area (Å²) in [6, 6.07) is 14.1. The lowest BCUT2D eigenvalue weighted by Gasteiger charge is -2.01. The van der Waals surface area contributed by atoms with E-state index in [4.69, 9.17) is 9.47 Å². The maximum atomic E-state index is 12.0. The van der Waals surface area contributed by atoms with E-state index in [9.17, 15) is 9.59 Å². The van der Waals surface area contributed by atoms with Crippen molar-refractivity contribution < 1.29 is 19.1 Å². The van der Waals surface area contributed by atoms with E-state index >= 15 is 0 Å². The SMILES string of the molecule is CCOC(=O)c1ccc(/C=C2\N=C(c3ccccc3Br)OC2=O)cc1. The number of halogens is 1. The standard InChI is InChI=1S/C19H14BrNO4/c1-2-24-18(22)13-9-7-12(8-10-13)11-16-19(23)25-17(21-16)14-5-3-4-6-15(14)20/h3-11H,2H2,1H3/b16-11-. The highest BCUT2D eigenvalue weighted by atomic mass is 79.9. The number of rotatable bonds is 4. The molecule has 2 aromatic carbocycles. The fourth-order valence-electron chi connectivity index (χ4n) is 2.25. The lowest BCUT2D eigenvalue weighted by atomic mass is 10.1. The van der Waals surface area contributed by atoms with Crippen LogP contribution in [-0.2, 0) is 14.3 Å². The quantitative estimate of drug-likeness (QED) is 0.576. The molecule has 1 aliphatic heterocycles. The van der Waals surface area contributed by atoms with Crippen LogP contribution >= 0.6 is 15.9 Å². The van der Waals surface area contributed by atoms with Crippen LogP contribution in [-0.4, -0.2) is 24.4 Å². The number of esters is 2. The third-order valence-electron chi connectivity index (χ3n) is 3.45. The highest BCUT2D eigenvalue weighted by Gasteiger charge is 2.25. The molecule has 0 aromatic heterocycles. The Balaban J connectivity index is 1.85. The average molecular weight is 400 g/mol. The number of hydrogen-bond acceptors (Lipinski definition) is 5. The third-order valence-corrected chi connectivity index (χ3v) is 4.14. The van der Waals surface area contributed by atoms with Gasteiger partial charge < -0.3 is 9.47 Å². The first-order chi connectivity index (χ1) is 12.1. The number of benzene rings is 2. The van der Waals surface area contributed by atoms with Crippen molar-refractivity contribution in [2.24, 2.45) is 4.99 Å². The number of aliphatic imine (C=N–C) groups is 1. The highest BCUT2D eigenvalue weighted by Crippen LogP contribution is 2.24. The number of carbonyl (C=O) groups is 2. The molecule has 0 saturated heterocycles. The van der Waals surface area contributed by atoms with Crippen molar-refractivity contribution in [2.45, 2.75) is 6.92 Å². The van der Waals surface area contributed by atoms with Crippen LogP contribution < -0.4 is 0 Å². The molecular formula is C19H14BrNO4. The van der Waals surface area contributed by atoms with Gasteiger partial charge in [0.25, 0.3) is 0 Å². The van der Waals surface area contributed by atoms with Gasteiger partial charge in [0.15, 0.2) is 5.70 Å². The molecule has 0 unspecified atom stereocenters. The molecule has 6 heteroatoms. The second-order valence-corrected chi connectivity index (χ2v) is 6.01. The third kappa shape index (κ3) is 3.85. The molecule has 0 spiro atoms. The van der Waals surface area contributed by atoms with Gasteiger partial charge >= 0.3 is 11.9 Å². The Morgan fingerprint density at radius 1 is 1.20 bits per heavy atom. The van der Waals surface area contributed by atoms with E-state index in [-0.39, 0.29) is 17.6 Å². The van der Waals surface area contributed by atoms with Gasteiger partial charge in [-0.15, -0.1) is 0 Å². The first-order valence-corrected chi connectivity index (χ1v) is 8.42. The van der Waals surface area contributed by atoms with Crippen LogP contribution in [0.2, 0.25) is 0 Å². The van der Waals surface area contributed by atoms with E-state index in [1.54, 1.807) is 37.3 Å². The number of ether oxygens (including phenoxy) is 2. The van der Waals surface area contributed by atoms with Crippen molar-refractivity contribution in [1.82, 2.24) is 0 Å². The van der Waals surface area contributed by atoms with Crippen molar-refractivity contribution in [1.29, 1.82) is 0 Å². The Morgan fingerprint density at radius 3 is 2.60 bits per heavy atom. The zero-order valence-electron chi connectivity index (χ0n) is 13.4. The van der Waals surface area contributed by atoms with Crippen LogP contribution in [0, 0.1) is 0 Å². The summed E-state index contributed by atoms with van der Waals surface area (Å²) >= 11 is 3.41. The van der Waals surface area contributed by atoms with E-state index in [0.717, 1.165) is 10.0 Å². The molecule has 0 amide bonds. The Bertz CT molecular complexity index is 885. The molecule has 0 fully saturated rings. The molecular weight excluding hydrogens is 386 g/mol. The van der Waals surface area contributed by atoms with Gasteiger partial charge in [-0.3, -0.25) is 0 Å². The van der Waals surface area contributed by atoms with Crippen molar-refractivity contribution in [2.75, 3.05) is 6.61 Å². The maximum Gasteiger partial charge on any atom is 0.363 e. The van der Waals surface area contributed by atoms with Gasteiger partial charge in [0.05, 0.1) is 17.7 Å². The van der Waals surface area contributed by atoms with Gasteiger partial charge in [-0.1, -0.05) is 24.3 Å². The second-order valence-electron chi connectivity index (χ2n) is 5.16. The zero-order chi connectivity index (χ0) is 17.8. The Kier molecular flexibility index (Phi) is 5.09. The molecule has 0 N–H and O–H groups in total. The van der Waals surface area contributed by atoms with E-state index in [0.29, 0.717) is 17.7 Å². The Morgan fingerprint density at radius 2 is 1.92 bits per heavy atom. The van der Waals surface area contributed by atoms with Gasteiger partial charge in [0.2, 0.25) is 5.90 Å². The van der Waals surface area contributed by atoms with Gasteiger partial charge in [0.1, 0.15) is 0 Å².